The van der Waals surface area contributed by atoms with Gasteiger partial charge in [0.2, 0.25) is 0 Å². The molecule has 0 unspecified atom stereocenters. The summed E-state index contributed by atoms with van der Waals surface area (Å²) < 4.78 is 5.93. The van der Waals surface area contributed by atoms with Gasteiger partial charge in [0.1, 0.15) is 10.8 Å². The first-order valence-corrected chi connectivity index (χ1v) is 9.47. The van der Waals surface area contributed by atoms with Crippen LogP contribution in [0.15, 0.2) is 29.4 Å². The Morgan fingerprint density at radius 3 is 2.68 bits per heavy atom. The highest BCUT2D eigenvalue weighted by Gasteiger charge is 2.08. The Bertz CT molecular complexity index is 709. The van der Waals surface area contributed by atoms with E-state index >= 15 is 0 Å². The average Bonchev–Trinajstić information content (AvgIpc) is 3.04. The van der Waals surface area contributed by atoms with Crippen molar-refractivity contribution >= 4 is 17.3 Å². The number of thiazole rings is 1. The molecule has 0 radical (unpaired) electrons. The maximum absolute atomic E-state index is 5.93. The lowest BCUT2D eigenvalue weighted by Crippen LogP contribution is -2.36. The van der Waals surface area contributed by atoms with Crippen molar-refractivity contribution in [1.82, 2.24) is 15.6 Å². The largest absolute Gasteiger partial charge is 0.491 e. The molecule has 1 aromatic carbocycles. The van der Waals surface area contributed by atoms with Crippen LogP contribution in [0.4, 0.5) is 0 Å². The zero-order valence-corrected chi connectivity index (χ0v) is 16.5. The van der Waals surface area contributed by atoms with Crippen LogP contribution in [0, 0.1) is 6.92 Å². The molecule has 0 aliphatic rings. The van der Waals surface area contributed by atoms with Gasteiger partial charge >= 0.3 is 0 Å². The standard InChI is InChI=1S/C19H28N4OS/c1-6-16-11-21-18(25-16)12-23-19(20-5)22-10-15-8-7-14(4)9-17(15)24-13(2)3/h7-9,11,13H,6,10,12H2,1-5H3,(H2,20,22,23). The Labute approximate surface area is 154 Å². The molecule has 6 heteroatoms. The van der Waals surface area contributed by atoms with Gasteiger partial charge in [-0.1, -0.05) is 19.1 Å². The van der Waals surface area contributed by atoms with Crippen LogP contribution >= 0.6 is 11.3 Å². The van der Waals surface area contributed by atoms with Crippen molar-refractivity contribution in [2.45, 2.75) is 53.3 Å². The molecule has 0 fully saturated rings. The minimum absolute atomic E-state index is 0.149. The van der Waals surface area contributed by atoms with Crippen molar-refractivity contribution in [2.75, 3.05) is 7.05 Å². The molecule has 0 atom stereocenters. The minimum atomic E-state index is 0.149. The topological polar surface area (TPSA) is 58.5 Å². The molecular weight excluding hydrogens is 332 g/mol. The van der Waals surface area contributed by atoms with Crippen LogP contribution in [-0.2, 0) is 19.5 Å². The number of ether oxygens (including phenoxy) is 1. The third-order valence-electron chi connectivity index (χ3n) is 3.61. The molecular formula is C19H28N4OS. The number of aryl methyl sites for hydroxylation is 2. The second-order valence-corrected chi connectivity index (χ2v) is 7.33. The molecule has 5 nitrogen and oxygen atoms in total. The molecule has 136 valence electrons. The summed E-state index contributed by atoms with van der Waals surface area (Å²) in [4.78, 5) is 10.0. The van der Waals surface area contributed by atoms with Gasteiger partial charge < -0.3 is 15.4 Å². The summed E-state index contributed by atoms with van der Waals surface area (Å²) in [6.07, 6.45) is 3.12. The van der Waals surface area contributed by atoms with E-state index in [9.17, 15) is 0 Å². The van der Waals surface area contributed by atoms with Crippen LogP contribution in [0.5, 0.6) is 5.75 Å². The van der Waals surface area contributed by atoms with Crippen molar-refractivity contribution in [3.63, 3.8) is 0 Å². The summed E-state index contributed by atoms with van der Waals surface area (Å²) in [5.74, 6) is 1.68. The molecule has 1 heterocycles. The van der Waals surface area contributed by atoms with Crippen LogP contribution < -0.4 is 15.4 Å². The number of nitrogens with one attached hydrogen (secondary N) is 2. The van der Waals surface area contributed by atoms with E-state index in [1.807, 2.05) is 20.0 Å². The van der Waals surface area contributed by atoms with Crippen LogP contribution in [0.25, 0.3) is 0 Å². The van der Waals surface area contributed by atoms with Gasteiger partial charge in [0.15, 0.2) is 5.96 Å². The lowest BCUT2D eigenvalue weighted by molar-refractivity contribution is 0.239. The normalized spacial score (nSPS) is 11.7. The smallest absolute Gasteiger partial charge is 0.191 e. The maximum atomic E-state index is 5.93. The Hall–Kier alpha value is -2.08. The first-order valence-electron chi connectivity index (χ1n) is 8.66. The van der Waals surface area contributed by atoms with Crippen molar-refractivity contribution in [3.05, 3.63) is 45.4 Å². The van der Waals surface area contributed by atoms with E-state index in [0.29, 0.717) is 13.1 Å². The van der Waals surface area contributed by atoms with Crippen molar-refractivity contribution in [2.24, 2.45) is 4.99 Å². The molecule has 2 aromatic rings. The second kappa shape index (κ2) is 9.42. The van der Waals surface area contributed by atoms with Crippen LogP contribution in [0.3, 0.4) is 0 Å². The van der Waals surface area contributed by atoms with Gasteiger partial charge in [0.05, 0.1) is 12.6 Å². The Kier molecular flexibility index (Phi) is 7.25. The number of rotatable bonds is 7. The minimum Gasteiger partial charge on any atom is -0.491 e. The number of hydrogen-bond donors (Lipinski definition) is 2. The Morgan fingerprint density at radius 2 is 2.04 bits per heavy atom. The van der Waals surface area contributed by atoms with Gasteiger partial charge in [0, 0.05) is 30.2 Å². The quantitative estimate of drug-likeness (QED) is 0.584. The van der Waals surface area contributed by atoms with E-state index in [1.54, 1.807) is 18.4 Å². The van der Waals surface area contributed by atoms with Crippen molar-refractivity contribution in [3.8, 4) is 5.75 Å². The highest BCUT2D eigenvalue weighted by molar-refractivity contribution is 7.11. The molecule has 0 aliphatic heterocycles. The van der Waals surface area contributed by atoms with Gasteiger partial charge in [-0.3, -0.25) is 4.99 Å². The third kappa shape index (κ3) is 6.05. The fraction of sp³-hybridized carbons (Fsp3) is 0.474. The predicted octanol–water partition coefficient (Wildman–Crippen LogP) is 3.67. The predicted molar refractivity (Wildman–Crippen MR) is 105 cm³/mol. The highest BCUT2D eigenvalue weighted by Crippen LogP contribution is 2.21. The second-order valence-electron chi connectivity index (χ2n) is 6.13. The molecule has 25 heavy (non-hydrogen) atoms. The molecule has 1 aromatic heterocycles. The summed E-state index contributed by atoms with van der Waals surface area (Å²) in [7, 11) is 1.77. The molecule has 0 aliphatic carbocycles. The number of benzene rings is 1. The SMILES string of the molecule is CCc1cnc(CNC(=NC)NCc2ccc(C)cc2OC(C)C)s1. The van der Waals surface area contributed by atoms with Gasteiger partial charge in [0.25, 0.3) is 0 Å². The fourth-order valence-corrected chi connectivity index (χ4v) is 3.13. The summed E-state index contributed by atoms with van der Waals surface area (Å²) in [6.45, 7) is 9.62. The molecule has 0 saturated heterocycles. The highest BCUT2D eigenvalue weighted by atomic mass is 32.1. The Balaban J connectivity index is 1.94. The fourth-order valence-electron chi connectivity index (χ4n) is 2.32. The summed E-state index contributed by atoms with van der Waals surface area (Å²) in [5.41, 5.74) is 2.31. The van der Waals surface area contributed by atoms with Crippen LogP contribution in [0.1, 0.15) is 41.8 Å². The first-order chi connectivity index (χ1) is 12.0. The summed E-state index contributed by atoms with van der Waals surface area (Å²) in [6, 6.07) is 6.28. The van der Waals surface area contributed by atoms with Crippen molar-refractivity contribution < 1.29 is 4.74 Å². The van der Waals surface area contributed by atoms with E-state index in [4.69, 9.17) is 4.74 Å². The zero-order valence-electron chi connectivity index (χ0n) is 15.7. The van der Waals surface area contributed by atoms with E-state index in [-0.39, 0.29) is 6.10 Å². The van der Waals surface area contributed by atoms with Crippen molar-refractivity contribution in [1.29, 1.82) is 0 Å². The maximum Gasteiger partial charge on any atom is 0.191 e. The lowest BCUT2D eigenvalue weighted by atomic mass is 10.1. The van der Waals surface area contributed by atoms with Gasteiger partial charge in [-0.15, -0.1) is 11.3 Å². The summed E-state index contributed by atoms with van der Waals surface area (Å²) in [5, 5.41) is 7.73. The average molecular weight is 361 g/mol. The Morgan fingerprint density at radius 1 is 1.28 bits per heavy atom. The van der Waals surface area contributed by atoms with Gasteiger partial charge in [-0.2, -0.15) is 0 Å². The molecule has 0 spiro atoms. The number of guanidine groups is 1. The monoisotopic (exact) mass is 360 g/mol. The number of hydrogen-bond acceptors (Lipinski definition) is 4. The third-order valence-corrected chi connectivity index (χ3v) is 4.75. The van der Waals surface area contributed by atoms with E-state index in [2.05, 4.69) is 52.7 Å². The molecule has 0 amide bonds. The van der Waals surface area contributed by atoms with Gasteiger partial charge in [-0.05, 0) is 38.8 Å². The molecule has 2 N–H and O–H groups in total. The first kappa shape index (κ1) is 19.2. The van der Waals surface area contributed by atoms with Crippen LogP contribution in [-0.4, -0.2) is 24.1 Å². The molecule has 0 bridgehead atoms. The molecule has 2 rings (SSSR count). The number of aromatic nitrogens is 1. The zero-order chi connectivity index (χ0) is 18.2. The van der Waals surface area contributed by atoms with E-state index in [1.165, 1.54) is 10.4 Å². The lowest BCUT2D eigenvalue weighted by Gasteiger charge is -2.17. The van der Waals surface area contributed by atoms with E-state index in [0.717, 1.165) is 28.7 Å². The van der Waals surface area contributed by atoms with E-state index < -0.39 is 0 Å². The number of nitrogens with zero attached hydrogens (tertiary/aromatic N) is 2. The van der Waals surface area contributed by atoms with Crippen LogP contribution in [0.2, 0.25) is 0 Å². The summed E-state index contributed by atoms with van der Waals surface area (Å²) >= 11 is 1.73. The van der Waals surface area contributed by atoms with Gasteiger partial charge in [-0.25, -0.2) is 4.98 Å². The molecule has 0 saturated carbocycles. The number of aliphatic imine (C=N–C) groups is 1.